The summed E-state index contributed by atoms with van der Waals surface area (Å²) in [6, 6.07) is 7.63. The van der Waals surface area contributed by atoms with Gasteiger partial charge in [0.25, 0.3) is 5.91 Å². The summed E-state index contributed by atoms with van der Waals surface area (Å²) in [4.78, 5) is 26.1. The number of aromatic nitrogens is 2. The predicted octanol–water partition coefficient (Wildman–Crippen LogP) is 5.65. The highest BCUT2D eigenvalue weighted by atomic mass is 32.1. The van der Waals surface area contributed by atoms with Crippen LogP contribution in [0.25, 0.3) is 0 Å². The molecule has 0 fully saturated rings. The van der Waals surface area contributed by atoms with E-state index in [0.29, 0.717) is 11.1 Å². The topological polar surface area (TPSA) is 85.2 Å². The highest BCUT2D eigenvalue weighted by Crippen LogP contribution is 2.43. The van der Waals surface area contributed by atoms with Crippen LogP contribution in [0.1, 0.15) is 62.3 Å². The van der Waals surface area contributed by atoms with Crippen molar-refractivity contribution >= 4 is 34.0 Å². The molecule has 3 heterocycles. The fraction of sp³-hybridized carbons (Fsp3) is 0.348. The van der Waals surface area contributed by atoms with Crippen LogP contribution in [0.2, 0.25) is 0 Å². The lowest BCUT2D eigenvalue weighted by Gasteiger charge is -2.33. The molecule has 2 atom stereocenters. The summed E-state index contributed by atoms with van der Waals surface area (Å²) in [6.45, 7) is 5.38. The van der Waals surface area contributed by atoms with Crippen LogP contribution < -0.4 is 10.6 Å². The number of esters is 1. The number of ether oxygens (including phenoxy) is 1. The molecule has 0 aliphatic carbocycles. The number of rotatable bonds is 5. The van der Waals surface area contributed by atoms with Gasteiger partial charge >= 0.3 is 12.1 Å². The number of thiophene rings is 1. The molecular formula is C23H23F3N4O3S. The van der Waals surface area contributed by atoms with E-state index in [-0.39, 0.29) is 35.1 Å². The van der Waals surface area contributed by atoms with E-state index in [4.69, 9.17) is 4.74 Å². The average Bonchev–Trinajstić information content (AvgIpc) is 3.34. The van der Waals surface area contributed by atoms with Crippen LogP contribution in [-0.2, 0) is 4.74 Å². The Kier molecular flexibility index (Phi) is 6.39. The Hall–Kier alpha value is -3.34. The van der Waals surface area contributed by atoms with Crippen LogP contribution in [0.15, 0.2) is 36.4 Å². The van der Waals surface area contributed by atoms with Gasteiger partial charge in [-0.1, -0.05) is 30.3 Å². The summed E-state index contributed by atoms with van der Waals surface area (Å²) < 4.78 is 47.6. The first kappa shape index (κ1) is 23.8. The minimum Gasteiger partial charge on any atom is -0.462 e. The van der Waals surface area contributed by atoms with Crippen molar-refractivity contribution in [1.82, 2.24) is 9.78 Å². The molecule has 1 amide bonds. The molecule has 0 bridgehead atoms. The third-order valence-corrected chi connectivity index (χ3v) is 6.84. The van der Waals surface area contributed by atoms with Crippen molar-refractivity contribution in [2.24, 2.45) is 0 Å². The highest BCUT2D eigenvalue weighted by molar-refractivity contribution is 7.16. The number of carbonyl (C=O) groups excluding carboxylic acids is 2. The van der Waals surface area contributed by atoms with Crippen molar-refractivity contribution < 1.29 is 27.5 Å². The smallest absolute Gasteiger partial charge is 0.410 e. The van der Waals surface area contributed by atoms with Crippen LogP contribution in [0, 0.1) is 13.8 Å². The first-order chi connectivity index (χ1) is 16.1. The van der Waals surface area contributed by atoms with E-state index >= 15 is 0 Å². The van der Waals surface area contributed by atoms with E-state index in [0.717, 1.165) is 9.56 Å². The Morgan fingerprint density at radius 1 is 1.26 bits per heavy atom. The molecule has 4 rings (SSSR count). The monoisotopic (exact) mass is 492 g/mol. The maximum atomic E-state index is 13.9. The molecule has 1 aliphatic rings. The number of amides is 1. The molecule has 0 unspecified atom stereocenters. The zero-order valence-corrected chi connectivity index (χ0v) is 19.5. The second kappa shape index (κ2) is 9.13. The van der Waals surface area contributed by atoms with E-state index < -0.39 is 30.1 Å². The fourth-order valence-electron chi connectivity index (χ4n) is 3.92. The van der Waals surface area contributed by atoms with E-state index in [1.807, 2.05) is 0 Å². The molecule has 180 valence electrons. The number of anilines is 2. The van der Waals surface area contributed by atoms with Gasteiger partial charge in [0.2, 0.25) is 0 Å². The minimum atomic E-state index is -4.55. The fourth-order valence-corrected chi connectivity index (χ4v) is 4.96. The second-order valence-corrected chi connectivity index (χ2v) is 9.15. The largest absolute Gasteiger partial charge is 0.462 e. The van der Waals surface area contributed by atoms with E-state index in [9.17, 15) is 22.8 Å². The Bertz CT molecular complexity index is 1220. The lowest BCUT2D eigenvalue weighted by molar-refractivity contribution is -0.173. The standard InChI is InChI=1S/C23H23F3N4O3S/c1-4-33-22(32)19-12(2)13(3)34-21(19)28-20(31)16-11-18-27-15(14-8-6-5-7-9-14)10-17(23(24,25)26)30(18)29-16/h5-9,11,15,17,27H,4,10H2,1-3H3,(H,28,31)/t15-,17+/m1/s1. The molecule has 34 heavy (non-hydrogen) atoms. The van der Waals surface area contributed by atoms with E-state index in [1.165, 1.54) is 17.4 Å². The van der Waals surface area contributed by atoms with Gasteiger partial charge in [-0.05, 0) is 31.9 Å². The quantitative estimate of drug-likeness (QED) is 0.450. The lowest BCUT2D eigenvalue weighted by Crippen LogP contribution is -2.35. The van der Waals surface area contributed by atoms with Gasteiger partial charge in [0.1, 0.15) is 10.8 Å². The van der Waals surface area contributed by atoms with Crippen LogP contribution in [-0.4, -0.2) is 34.4 Å². The van der Waals surface area contributed by atoms with Crippen molar-refractivity contribution in [2.45, 2.75) is 45.5 Å². The van der Waals surface area contributed by atoms with Crippen molar-refractivity contribution in [3.8, 4) is 0 Å². The number of nitrogens with one attached hydrogen (secondary N) is 2. The molecule has 11 heteroatoms. The average molecular weight is 493 g/mol. The Morgan fingerprint density at radius 3 is 2.62 bits per heavy atom. The zero-order chi connectivity index (χ0) is 24.6. The van der Waals surface area contributed by atoms with Crippen molar-refractivity contribution in [3.05, 3.63) is 63.7 Å². The predicted molar refractivity (Wildman–Crippen MR) is 122 cm³/mol. The number of halogens is 3. The number of hydrogen-bond donors (Lipinski definition) is 2. The highest BCUT2D eigenvalue weighted by Gasteiger charge is 2.46. The summed E-state index contributed by atoms with van der Waals surface area (Å²) in [7, 11) is 0. The number of alkyl halides is 3. The molecule has 7 nitrogen and oxygen atoms in total. The Balaban J connectivity index is 1.65. The number of fused-ring (bicyclic) bond motifs is 1. The first-order valence-corrected chi connectivity index (χ1v) is 11.5. The molecular weight excluding hydrogens is 469 g/mol. The summed E-state index contributed by atoms with van der Waals surface area (Å²) >= 11 is 1.19. The van der Waals surface area contributed by atoms with Crippen LogP contribution in [0.4, 0.5) is 24.0 Å². The van der Waals surface area contributed by atoms with Crippen molar-refractivity contribution in [3.63, 3.8) is 0 Å². The van der Waals surface area contributed by atoms with Crippen molar-refractivity contribution in [1.29, 1.82) is 0 Å². The summed E-state index contributed by atoms with van der Waals surface area (Å²) in [5, 5.41) is 9.93. The van der Waals surface area contributed by atoms with Gasteiger partial charge in [0, 0.05) is 17.4 Å². The molecule has 0 saturated carbocycles. The molecule has 2 N–H and O–H groups in total. The van der Waals surface area contributed by atoms with Gasteiger partial charge in [-0.25, -0.2) is 9.48 Å². The third kappa shape index (κ3) is 4.52. The summed E-state index contributed by atoms with van der Waals surface area (Å²) in [6.07, 6.45) is -4.82. The summed E-state index contributed by atoms with van der Waals surface area (Å²) in [5.74, 6) is -1.20. The number of carbonyl (C=O) groups is 2. The van der Waals surface area contributed by atoms with Crippen molar-refractivity contribution in [2.75, 3.05) is 17.2 Å². The van der Waals surface area contributed by atoms with Gasteiger partial charge in [-0.15, -0.1) is 11.3 Å². The summed E-state index contributed by atoms with van der Waals surface area (Å²) in [5.41, 5.74) is 1.42. The molecule has 1 aromatic carbocycles. The van der Waals surface area contributed by atoms with E-state index in [1.54, 1.807) is 51.1 Å². The molecule has 0 saturated heterocycles. The SMILES string of the molecule is CCOC(=O)c1c(NC(=O)c2cc3n(n2)[C@H](C(F)(F)F)C[C@H](c2ccccc2)N3)sc(C)c1C. The van der Waals surface area contributed by atoms with Crippen LogP contribution in [0.3, 0.4) is 0 Å². The number of hydrogen-bond acceptors (Lipinski definition) is 6. The molecule has 3 aromatic rings. The van der Waals surface area contributed by atoms with Gasteiger partial charge in [-0.3, -0.25) is 4.79 Å². The first-order valence-electron chi connectivity index (χ1n) is 10.7. The van der Waals surface area contributed by atoms with E-state index in [2.05, 4.69) is 15.7 Å². The number of aryl methyl sites for hydroxylation is 1. The maximum Gasteiger partial charge on any atom is 0.410 e. The van der Waals surface area contributed by atoms with Gasteiger partial charge in [0.15, 0.2) is 11.7 Å². The maximum absolute atomic E-state index is 13.9. The molecule has 2 aromatic heterocycles. The Labute approximate surface area is 197 Å². The normalized spacial score (nSPS) is 17.6. The second-order valence-electron chi connectivity index (χ2n) is 7.92. The lowest BCUT2D eigenvalue weighted by atomic mass is 9.97. The number of benzene rings is 1. The zero-order valence-electron chi connectivity index (χ0n) is 18.7. The third-order valence-electron chi connectivity index (χ3n) is 5.72. The minimum absolute atomic E-state index is 0.0942. The van der Waals surface area contributed by atoms with Crippen LogP contribution in [0.5, 0.6) is 0 Å². The molecule has 1 aliphatic heterocycles. The van der Waals surface area contributed by atoms with Gasteiger partial charge < -0.3 is 15.4 Å². The molecule has 0 spiro atoms. The van der Waals surface area contributed by atoms with Crippen LogP contribution >= 0.6 is 11.3 Å². The van der Waals surface area contributed by atoms with Gasteiger partial charge in [-0.2, -0.15) is 18.3 Å². The Morgan fingerprint density at radius 2 is 1.97 bits per heavy atom. The van der Waals surface area contributed by atoms with Gasteiger partial charge in [0.05, 0.1) is 18.2 Å². The molecule has 0 radical (unpaired) electrons. The number of nitrogens with zero attached hydrogens (tertiary/aromatic N) is 2.